The van der Waals surface area contributed by atoms with E-state index in [0.717, 1.165) is 4.47 Å². The average Bonchev–Trinajstić information content (AvgIpc) is 2.36. The molecule has 134 valence electrons. The van der Waals surface area contributed by atoms with Crippen LogP contribution in [0.2, 0.25) is 0 Å². The molecule has 1 rings (SSSR count). The van der Waals surface area contributed by atoms with Gasteiger partial charge in [-0.2, -0.15) is 0 Å². The molecule has 0 aliphatic carbocycles. The quantitative estimate of drug-likeness (QED) is 0.652. The van der Waals surface area contributed by atoms with Gasteiger partial charge in [0.05, 0.1) is 11.4 Å². The molecule has 0 fully saturated rings. The zero-order valence-corrected chi connectivity index (χ0v) is 16.4. The molecule has 0 heterocycles. The standard InChI is InChI=1S/C17H26BrN3O3/c1-16(2,3)9-17(4,5)13(24-15(20)23)14(22)21-12-7-6-10(18)8-11(12)19/h6-8,13H,9,19H2,1-5H3,(H2,20,23)(H,21,22). The highest BCUT2D eigenvalue weighted by atomic mass is 79.9. The molecule has 5 N–H and O–H groups in total. The molecule has 0 spiro atoms. The number of halogens is 1. The van der Waals surface area contributed by atoms with Gasteiger partial charge in [0.25, 0.3) is 5.91 Å². The number of nitrogens with one attached hydrogen (secondary N) is 1. The number of carbonyl (C=O) groups is 2. The zero-order chi connectivity index (χ0) is 18.7. The highest BCUT2D eigenvalue weighted by Crippen LogP contribution is 2.38. The lowest BCUT2D eigenvalue weighted by molar-refractivity contribution is -0.131. The molecule has 1 unspecified atom stereocenters. The van der Waals surface area contributed by atoms with Crippen molar-refractivity contribution in [3.05, 3.63) is 22.7 Å². The van der Waals surface area contributed by atoms with E-state index in [0.29, 0.717) is 17.8 Å². The third-order valence-corrected chi connectivity index (χ3v) is 3.93. The molecule has 6 nitrogen and oxygen atoms in total. The number of anilines is 2. The fourth-order valence-electron chi connectivity index (χ4n) is 2.99. The number of carbonyl (C=O) groups excluding carboxylic acids is 2. The first-order valence-corrected chi connectivity index (χ1v) is 8.43. The molecule has 2 amide bonds. The highest BCUT2D eigenvalue weighted by Gasteiger charge is 2.41. The van der Waals surface area contributed by atoms with E-state index in [2.05, 4.69) is 42.0 Å². The summed E-state index contributed by atoms with van der Waals surface area (Å²) >= 11 is 3.31. The van der Waals surface area contributed by atoms with Crippen molar-refractivity contribution < 1.29 is 14.3 Å². The molecule has 1 aromatic carbocycles. The molecular formula is C17H26BrN3O3. The van der Waals surface area contributed by atoms with Gasteiger partial charge in [0.15, 0.2) is 6.10 Å². The largest absolute Gasteiger partial charge is 0.436 e. The Labute approximate surface area is 151 Å². The Morgan fingerprint density at radius 2 is 1.83 bits per heavy atom. The number of rotatable bonds is 5. The Kier molecular flexibility index (Phi) is 6.27. The van der Waals surface area contributed by atoms with Crippen molar-refractivity contribution in [2.75, 3.05) is 11.1 Å². The Morgan fingerprint density at radius 3 is 2.29 bits per heavy atom. The number of amides is 2. The predicted octanol–water partition coefficient (Wildman–Crippen LogP) is 3.90. The van der Waals surface area contributed by atoms with Gasteiger partial charge in [-0.05, 0) is 30.0 Å². The summed E-state index contributed by atoms with van der Waals surface area (Å²) in [6.07, 6.45) is -1.36. The number of nitrogens with two attached hydrogens (primary N) is 2. The van der Waals surface area contributed by atoms with Crippen molar-refractivity contribution in [1.29, 1.82) is 0 Å². The Hall–Kier alpha value is -1.76. The molecule has 1 aromatic rings. The van der Waals surface area contributed by atoms with Crippen LogP contribution >= 0.6 is 15.9 Å². The molecule has 0 aliphatic rings. The first-order chi connectivity index (χ1) is 10.8. The smallest absolute Gasteiger partial charge is 0.405 e. The van der Waals surface area contributed by atoms with E-state index in [1.165, 1.54) is 0 Å². The zero-order valence-electron chi connectivity index (χ0n) is 14.8. The van der Waals surface area contributed by atoms with Gasteiger partial charge in [-0.3, -0.25) is 4.79 Å². The maximum absolute atomic E-state index is 12.7. The fourth-order valence-corrected chi connectivity index (χ4v) is 3.37. The van der Waals surface area contributed by atoms with Crippen molar-refractivity contribution in [1.82, 2.24) is 0 Å². The molecule has 24 heavy (non-hydrogen) atoms. The van der Waals surface area contributed by atoms with Crippen LogP contribution in [0.1, 0.15) is 41.0 Å². The molecule has 0 radical (unpaired) electrons. The molecule has 0 bridgehead atoms. The topological polar surface area (TPSA) is 107 Å². The number of primary amides is 1. The van der Waals surface area contributed by atoms with Crippen LogP contribution in [0.25, 0.3) is 0 Å². The number of ether oxygens (including phenoxy) is 1. The molecule has 1 atom stereocenters. The van der Waals surface area contributed by atoms with Crippen molar-refractivity contribution in [3.8, 4) is 0 Å². The monoisotopic (exact) mass is 399 g/mol. The molecule has 0 aliphatic heterocycles. The van der Waals surface area contributed by atoms with Crippen LogP contribution < -0.4 is 16.8 Å². The van der Waals surface area contributed by atoms with Gasteiger partial charge >= 0.3 is 6.09 Å². The van der Waals surface area contributed by atoms with E-state index in [9.17, 15) is 9.59 Å². The van der Waals surface area contributed by atoms with Gasteiger partial charge in [0.2, 0.25) is 0 Å². The van der Waals surface area contributed by atoms with Gasteiger partial charge in [-0.1, -0.05) is 50.5 Å². The normalized spacial score (nSPS) is 13.2. The Bertz CT molecular complexity index is 624. The van der Waals surface area contributed by atoms with Crippen LogP contribution in [-0.4, -0.2) is 18.1 Å². The van der Waals surface area contributed by atoms with Crippen molar-refractivity contribution in [2.45, 2.75) is 47.1 Å². The second kappa shape index (κ2) is 7.42. The van der Waals surface area contributed by atoms with Crippen LogP contribution in [0.3, 0.4) is 0 Å². The van der Waals surface area contributed by atoms with E-state index in [4.69, 9.17) is 16.2 Å². The predicted molar refractivity (Wildman–Crippen MR) is 99.5 cm³/mol. The van der Waals surface area contributed by atoms with Gasteiger partial charge in [-0.15, -0.1) is 0 Å². The second-order valence-electron chi connectivity index (χ2n) is 7.76. The molecular weight excluding hydrogens is 374 g/mol. The third-order valence-electron chi connectivity index (χ3n) is 3.44. The number of hydrogen-bond donors (Lipinski definition) is 3. The SMILES string of the molecule is CC(C)(C)CC(C)(C)C(OC(N)=O)C(=O)Nc1ccc(Br)cc1N. The summed E-state index contributed by atoms with van der Waals surface area (Å²) in [5.41, 5.74) is 11.3. The van der Waals surface area contributed by atoms with Crippen LogP contribution in [-0.2, 0) is 9.53 Å². The van der Waals surface area contributed by atoms with Crippen LogP contribution in [0.4, 0.5) is 16.2 Å². The van der Waals surface area contributed by atoms with Crippen LogP contribution in [0, 0.1) is 10.8 Å². The van der Waals surface area contributed by atoms with E-state index < -0.39 is 23.5 Å². The van der Waals surface area contributed by atoms with Gasteiger partial charge in [0.1, 0.15) is 0 Å². The summed E-state index contributed by atoms with van der Waals surface area (Å²) in [6, 6.07) is 5.12. The summed E-state index contributed by atoms with van der Waals surface area (Å²) in [7, 11) is 0. The van der Waals surface area contributed by atoms with Gasteiger partial charge in [0, 0.05) is 9.89 Å². The first kappa shape index (κ1) is 20.3. The number of benzene rings is 1. The molecule has 7 heteroatoms. The summed E-state index contributed by atoms with van der Waals surface area (Å²) in [5, 5.41) is 2.72. The summed E-state index contributed by atoms with van der Waals surface area (Å²) in [4.78, 5) is 24.0. The van der Waals surface area contributed by atoms with E-state index >= 15 is 0 Å². The van der Waals surface area contributed by atoms with Gasteiger partial charge in [-0.25, -0.2) is 4.79 Å². The molecule has 0 saturated carbocycles. The highest BCUT2D eigenvalue weighted by molar-refractivity contribution is 9.10. The average molecular weight is 400 g/mol. The Balaban J connectivity index is 3.06. The lowest BCUT2D eigenvalue weighted by atomic mass is 9.72. The third kappa shape index (κ3) is 6.03. The minimum absolute atomic E-state index is 0.0559. The maximum atomic E-state index is 12.7. The first-order valence-electron chi connectivity index (χ1n) is 7.64. The molecule has 0 aromatic heterocycles. The maximum Gasteiger partial charge on any atom is 0.405 e. The summed E-state index contributed by atoms with van der Waals surface area (Å²) in [6.45, 7) is 9.91. The van der Waals surface area contributed by atoms with Crippen molar-refractivity contribution >= 4 is 39.3 Å². The minimum Gasteiger partial charge on any atom is -0.436 e. The van der Waals surface area contributed by atoms with E-state index in [1.807, 2.05) is 13.8 Å². The van der Waals surface area contributed by atoms with Gasteiger partial charge < -0.3 is 21.5 Å². The lowest BCUT2D eigenvalue weighted by Crippen LogP contribution is -2.46. The van der Waals surface area contributed by atoms with E-state index in [-0.39, 0.29) is 5.41 Å². The fraction of sp³-hybridized carbons (Fsp3) is 0.529. The van der Waals surface area contributed by atoms with Crippen LogP contribution in [0.15, 0.2) is 22.7 Å². The van der Waals surface area contributed by atoms with Crippen molar-refractivity contribution in [2.24, 2.45) is 16.6 Å². The minimum atomic E-state index is -1.03. The van der Waals surface area contributed by atoms with E-state index in [1.54, 1.807) is 18.2 Å². The molecule has 0 saturated heterocycles. The summed E-state index contributed by atoms with van der Waals surface area (Å²) in [5.74, 6) is -0.461. The van der Waals surface area contributed by atoms with Crippen LogP contribution in [0.5, 0.6) is 0 Å². The number of hydrogen-bond acceptors (Lipinski definition) is 4. The lowest BCUT2D eigenvalue weighted by Gasteiger charge is -2.37. The number of nitrogen functional groups attached to an aromatic ring is 1. The van der Waals surface area contributed by atoms with Crippen molar-refractivity contribution in [3.63, 3.8) is 0 Å². The Morgan fingerprint density at radius 1 is 1.25 bits per heavy atom. The summed E-state index contributed by atoms with van der Waals surface area (Å²) < 4.78 is 5.94. The second-order valence-corrected chi connectivity index (χ2v) is 8.68.